The molecule has 146 valence electrons. The summed E-state index contributed by atoms with van der Waals surface area (Å²) in [7, 11) is -1.33. The average molecular weight is 420 g/mol. The first kappa shape index (κ1) is 18.6. The van der Waals surface area contributed by atoms with Gasteiger partial charge < -0.3 is 15.0 Å². The molecule has 1 aliphatic rings. The van der Waals surface area contributed by atoms with Crippen LogP contribution in [0.2, 0.25) is 0 Å². The van der Waals surface area contributed by atoms with Crippen LogP contribution in [0.3, 0.4) is 0 Å². The van der Waals surface area contributed by atoms with E-state index in [9.17, 15) is 18.0 Å². The molecular formula is C18H18N3O5S2+. The highest BCUT2D eigenvalue weighted by Crippen LogP contribution is 2.33. The van der Waals surface area contributed by atoms with Crippen LogP contribution in [0.5, 0.6) is 5.75 Å². The van der Waals surface area contributed by atoms with Crippen molar-refractivity contribution in [2.45, 2.75) is 18.7 Å². The van der Waals surface area contributed by atoms with Crippen molar-refractivity contribution in [1.82, 2.24) is 15.3 Å². The molecule has 1 amide bonds. The van der Waals surface area contributed by atoms with E-state index in [1.165, 1.54) is 11.3 Å². The summed E-state index contributed by atoms with van der Waals surface area (Å²) < 4.78 is 26.9. The van der Waals surface area contributed by atoms with Gasteiger partial charge in [-0.25, -0.2) is 9.19 Å². The Kier molecular flexibility index (Phi) is 4.68. The number of fused-ring (bicyclic) bond motifs is 3. The molecule has 10 heteroatoms. The maximum Gasteiger partial charge on any atom is 0.287 e. The predicted molar refractivity (Wildman–Crippen MR) is 107 cm³/mol. The highest BCUT2D eigenvalue weighted by molar-refractivity contribution is 7.90. The fraction of sp³-hybridized carbons (Fsp3) is 0.278. The lowest BCUT2D eigenvalue weighted by atomic mass is 10.1. The molecular weight excluding hydrogens is 402 g/mol. The van der Waals surface area contributed by atoms with Crippen LogP contribution < -0.4 is 15.6 Å². The fourth-order valence-corrected chi connectivity index (χ4v) is 6.24. The largest absolute Gasteiger partial charge is 0.497 e. The van der Waals surface area contributed by atoms with Gasteiger partial charge in [0.1, 0.15) is 16.3 Å². The minimum atomic E-state index is -2.90. The number of carbonyl (C=O) groups is 1. The third-order valence-electron chi connectivity index (χ3n) is 4.57. The molecule has 0 aliphatic carbocycles. The van der Waals surface area contributed by atoms with Crippen LogP contribution in [0.1, 0.15) is 26.6 Å². The van der Waals surface area contributed by atoms with Crippen molar-refractivity contribution in [3.05, 3.63) is 56.4 Å². The van der Waals surface area contributed by atoms with Crippen LogP contribution in [0, 0.1) is 0 Å². The summed E-state index contributed by atoms with van der Waals surface area (Å²) in [6, 6.07) is 7.28. The first-order valence-electron chi connectivity index (χ1n) is 8.54. The first-order chi connectivity index (χ1) is 13.4. The molecule has 0 bridgehead atoms. The number of H-pyrrole nitrogens is 1. The molecule has 3 N–H and O–H groups in total. The third-order valence-corrected chi connectivity index (χ3v) is 7.46. The Morgan fingerprint density at radius 3 is 3.07 bits per heavy atom. The van der Waals surface area contributed by atoms with Crippen LogP contribution in [0.4, 0.5) is 0 Å². The van der Waals surface area contributed by atoms with E-state index in [0.717, 1.165) is 11.1 Å². The van der Waals surface area contributed by atoms with Crippen molar-refractivity contribution in [2.75, 3.05) is 12.9 Å². The molecule has 1 aromatic carbocycles. The van der Waals surface area contributed by atoms with Crippen LogP contribution in [-0.4, -0.2) is 37.2 Å². The smallest absolute Gasteiger partial charge is 0.287 e. The molecule has 8 nitrogen and oxygen atoms in total. The number of aromatic nitrogens is 2. The number of hydrogen-bond acceptors (Lipinski definition) is 6. The van der Waals surface area contributed by atoms with Crippen molar-refractivity contribution in [1.29, 1.82) is 0 Å². The molecule has 3 heterocycles. The summed E-state index contributed by atoms with van der Waals surface area (Å²) in [6.45, 7) is 0.255. The quantitative estimate of drug-likeness (QED) is 0.620. The monoisotopic (exact) mass is 420 g/mol. The third kappa shape index (κ3) is 3.52. The first-order valence-corrected chi connectivity index (χ1v) is 11.2. The molecule has 0 fully saturated rings. The number of aromatic amines is 1. The minimum absolute atomic E-state index is 0.0279. The summed E-state index contributed by atoms with van der Waals surface area (Å²) in [5, 5.41) is 3.14. The number of aryl methyl sites for hydroxylation is 1. The molecule has 0 spiro atoms. The van der Waals surface area contributed by atoms with E-state index >= 15 is 0 Å². The number of methoxy groups -OCH3 is 1. The van der Waals surface area contributed by atoms with Gasteiger partial charge in [0.25, 0.3) is 21.3 Å². The molecule has 3 aromatic rings. The van der Waals surface area contributed by atoms with Crippen LogP contribution in [0.15, 0.2) is 29.1 Å². The van der Waals surface area contributed by atoms with Crippen LogP contribution in [-0.2, 0) is 28.6 Å². The summed E-state index contributed by atoms with van der Waals surface area (Å²) in [4.78, 5) is 32.9. The van der Waals surface area contributed by atoms with E-state index in [0.29, 0.717) is 27.3 Å². The highest BCUT2D eigenvalue weighted by atomic mass is 32.2. The van der Waals surface area contributed by atoms with Gasteiger partial charge >= 0.3 is 0 Å². The molecule has 0 saturated carbocycles. The Balaban J connectivity index is 1.60. The van der Waals surface area contributed by atoms with Gasteiger partial charge in [0, 0.05) is 11.4 Å². The number of ether oxygens (including phenoxy) is 1. The molecule has 28 heavy (non-hydrogen) atoms. The van der Waals surface area contributed by atoms with E-state index < -0.39 is 21.3 Å². The Morgan fingerprint density at radius 1 is 1.46 bits per heavy atom. The fourth-order valence-electron chi connectivity index (χ4n) is 3.19. The number of nitrogens with one attached hydrogen (secondary N) is 2. The second-order valence-corrected chi connectivity index (χ2v) is 9.83. The molecule has 4 rings (SSSR count). The number of nitrogens with zero attached hydrogens (tertiary/aromatic N) is 1. The maximum absolute atomic E-state index is 12.5. The molecule has 0 radical (unpaired) electrons. The summed E-state index contributed by atoms with van der Waals surface area (Å²) in [5.74, 6) is 0.265. The van der Waals surface area contributed by atoms with Crippen molar-refractivity contribution >= 4 is 37.3 Å². The SMILES string of the molecule is COc1cccc(CNC(=O)c2nc3sc4c(c3c(=O)[nH]2)CCS(=O)(=[OH+])C4)c1. The van der Waals surface area contributed by atoms with Gasteiger partial charge in [-0.05, 0) is 29.7 Å². The predicted octanol–water partition coefficient (Wildman–Crippen LogP) is 1.55. The Bertz CT molecular complexity index is 1240. The number of carbonyl (C=O) groups excluding carboxylic acids is 1. The summed E-state index contributed by atoms with van der Waals surface area (Å²) in [5.41, 5.74) is 1.21. The van der Waals surface area contributed by atoms with Gasteiger partial charge in [-0.15, -0.1) is 11.3 Å². The number of amides is 1. The van der Waals surface area contributed by atoms with Gasteiger partial charge in [-0.2, -0.15) is 4.21 Å². The molecule has 1 atom stereocenters. The van der Waals surface area contributed by atoms with Gasteiger partial charge in [0.2, 0.25) is 5.82 Å². The average Bonchev–Trinajstić information content (AvgIpc) is 3.02. The second kappa shape index (κ2) is 7.02. The Morgan fingerprint density at radius 2 is 2.29 bits per heavy atom. The topological polar surface area (TPSA) is 123 Å². The number of thiophene rings is 1. The lowest BCUT2D eigenvalue weighted by molar-refractivity contribution is 0.0940. The lowest BCUT2D eigenvalue weighted by Crippen LogP contribution is -2.27. The highest BCUT2D eigenvalue weighted by Gasteiger charge is 2.30. The standard InChI is InChI=1S/C18H17N3O5S2/c1-26-11-4-2-3-10(7-11)8-19-17(23)15-20-16(22)14-12-5-6-28(24,25)9-13(12)27-18(14)21-15/h2-4,7H,5-6,8-9H2,1H3,(H,19,23)(H,20,21,22)/p+1. The van der Waals surface area contributed by atoms with Gasteiger partial charge in [-0.3, -0.25) is 9.59 Å². The van der Waals surface area contributed by atoms with Crippen molar-refractivity contribution in [2.24, 2.45) is 0 Å². The summed E-state index contributed by atoms with van der Waals surface area (Å²) in [6.07, 6.45) is 0.358. The summed E-state index contributed by atoms with van der Waals surface area (Å²) >= 11 is 1.20. The van der Waals surface area contributed by atoms with E-state index in [2.05, 4.69) is 15.3 Å². The molecule has 1 unspecified atom stereocenters. The Labute approximate surface area is 164 Å². The minimum Gasteiger partial charge on any atom is -0.497 e. The van der Waals surface area contributed by atoms with Crippen LogP contribution >= 0.6 is 11.3 Å². The van der Waals surface area contributed by atoms with E-state index in [1.807, 2.05) is 18.2 Å². The van der Waals surface area contributed by atoms with Gasteiger partial charge in [0.05, 0.1) is 18.2 Å². The van der Waals surface area contributed by atoms with E-state index in [4.69, 9.17) is 4.74 Å². The van der Waals surface area contributed by atoms with Crippen molar-refractivity contribution < 1.29 is 17.9 Å². The van der Waals surface area contributed by atoms with Crippen molar-refractivity contribution in [3.63, 3.8) is 0 Å². The Hall–Kier alpha value is -2.72. The van der Waals surface area contributed by atoms with E-state index in [1.54, 1.807) is 13.2 Å². The maximum atomic E-state index is 12.5. The normalized spacial score (nSPS) is 18.6. The molecule has 1 aliphatic heterocycles. The van der Waals surface area contributed by atoms with Crippen LogP contribution in [0.25, 0.3) is 10.2 Å². The second-order valence-electron chi connectivity index (χ2n) is 6.50. The van der Waals surface area contributed by atoms with Gasteiger partial charge in [-0.1, -0.05) is 12.1 Å². The zero-order chi connectivity index (χ0) is 19.9. The number of hydrogen-bond donors (Lipinski definition) is 2. The van der Waals surface area contributed by atoms with E-state index in [-0.39, 0.29) is 23.9 Å². The van der Waals surface area contributed by atoms with Crippen molar-refractivity contribution in [3.8, 4) is 5.75 Å². The zero-order valence-electron chi connectivity index (χ0n) is 15.0. The lowest BCUT2D eigenvalue weighted by Gasteiger charge is -2.08. The number of benzene rings is 1. The number of rotatable bonds is 4. The molecule has 0 saturated heterocycles. The zero-order valence-corrected chi connectivity index (χ0v) is 16.6. The molecule has 2 aromatic heterocycles. The van der Waals surface area contributed by atoms with Gasteiger partial charge in [0.15, 0.2) is 0 Å².